The molecule has 0 aromatic heterocycles. The van der Waals surface area contributed by atoms with Crippen molar-refractivity contribution in [2.75, 3.05) is 6.54 Å². The Labute approximate surface area is 123 Å². The molecular formula is C15H15NO4S. The van der Waals surface area contributed by atoms with Crippen molar-refractivity contribution in [3.05, 3.63) is 53.8 Å². The summed E-state index contributed by atoms with van der Waals surface area (Å²) in [4.78, 5) is 11.7. The number of carbonyl (C=O) groups excluding carboxylic acids is 1. The summed E-state index contributed by atoms with van der Waals surface area (Å²) in [5.74, 6) is -0.319. The third kappa shape index (κ3) is 2.20. The van der Waals surface area contributed by atoms with E-state index in [0.29, 0.717) is 0 Å². The van der Waals surface area contributed by atoms with E-state index in [4.69, 9.17) is 0 Å². The molecule has 1 N–H and O–H groups in total. The van der Waals surface area contributed by atoms with Gasteiger partial charge in [-0.1, -0.05) is 17.7 Å². The molecule has 0 saturated carbocycles. The number of hydrogen-bond donors (Lipinski definition) is 1. The van der Waals surface area contributed by atoms with E-state index >= 15 is 0 Å². The summed E-state index contributed by atoms with van der Waals surface area (Å²) in [5.41, 5.74) is -0.275. The molecule has 1 aliphatic carbocycles. The molecule has 1 fully saturated rings. The second-order valence-corrected chi connectivity index (χ2v) is 7.19. The van der Waals surface area contributed by atoms with Crippen molar-refractivity contribution >= 4 is 15.8 Å². The van der Waals surface area contributed by atoms with Crippen molar-refractivity contribution < 1.29 is 18.3 Å². The van der Waals surface area contributed by atoms with Crippen molar-refractivity contribution in [3.8, 4) is 0 Å². The van der Waals surface area contributed by atoms with Crippen molar-refractivity contribution in [1.29, 1.82) is 0 Å². The molecule has 1 aliphatic heterocycles. The van der Waals surface area contributed by atoms with Crippen LogP contribution >= 0.6 is 0 Å². The first-order valence-corrected chi connectivity index (χ1v) is 8.04. The van der Waals surface area contributed by atoms with Crippen LogP contribution in [0.25, 0.3) is 0 Å². The minimum Gasteiger partial charge on any atom is -0.379 e. The van der Waals surface area contributed by atoms with Crippen molar-refractivity contribution in [3.63, 3.8) is 0 Å². The van der Waals surface area contributed by atoms with Gasteiger partial charge in [0.2, 0.25) is 0 Å². The highest BCUT2D eigenvalue weighted by molar-refractivity contribution is 7.89. The maximum absolute atomic E-state index is 12.7. The number of aliphatic hydroxyl groups is 1. The van der Waals surface area contributed by atoms with Gasteiger partial charge in [0.05, 0.1) is 10.6 Å². The molecule has 0 radical (unpaired) electrons. The Bertz CT molecular complexity index is 761. The molecule has 0 spiro atoms. The topological polar surface area (TPSA) is 74.7 Å². The predicted octanol–water partition coefficient (Wildman–Crippen LogP) is 1.14. The van der Waals surface area contributed by atoms with Crippen LogP contribution in [-0.4, -0.2) is 35.8 Å². The van der Waals surface area contributed by atoms with Crippen LogP contribution in [0.5, 0.6) is 0 Å². The summed E-state index contributed by atoms with van der Waals surface area (Å²) in [6.07, 6.45) is 4.08. The molecule has 110 valence electrons. The molecule has 1 aromatic carbocycles. The number of rotatable bonds is 2. The monoisotopic (exact) mass is 305 g/mol. The lowest BCUT2D eigenvalue weighted by molar-refractivity contribution is -0.110. The standard InChI is InChI=1S/C15H15NO4S/c1-11-2-4-13(5-3-11)21(19,20)16-9-8-15(18)7-6-12(17)10-14(15)16/h2-7,10,18H,8-9H2,1H3. The zero-order chi connectivity index (χ0) is 15.3. The van der Waals surface area contributed by atoms with Crippen LogP contribution in [0.2, 0.25) is 0 Å². The Morgan fingerprint density at radius 2 is 1.90 bits per heavy atom. The average Bonchev–Trinajstić information content (AvgIpc) is 2.77. The number of sulfonamides is 1. The molecule has 1 atom stereocenters. The van der Waals surface area contributed by atoms with Crippen LogP contribution in [0, 0.1) is 6.92 Å². The predicted molar refractivity (Wildman–Crippen MR) is 76.9 cm³/mol. The summed E-state index contributed by atoms with van der Waals surface area (Å²) in [7, 11) is -3.77. The van der Waals surface area contributed by atoms with Crippen LogP contribution in [-0.2, 0) is 14.8 Å². The maximum Gasteiger partial charge on any atom is 0.264 e. The van der Waals surface area contributed by atoms with E-state index in [9.17, 15) is 18.3 Å². The molecule has 1 heterocycles. The fourth-order valence-electron chi connectivity index (χ4n) is 2.59. The molecule has 2 aliphatic rings. The average molecular weight is 305 g/mol. The van der Waals surface area contributed by atoms with Crippen molar-refractivity contribution in [1.82, 2.24) is 4.31 Å². The Hall–Kier alpha value is -1.92. The maximum atomic E-state index is 12.7. The zero-order valence-electron chi connectivity index (χ0n) is 11.5. The zero-order valence-corrected chi connectivity index (χ0v) is 12.3. The summed E-state index contributed by atoms with van der Waals surface area (Å²) < 4.78 is 26.5. The number of nitrogens with zero attached hydrogens (tertiary/aromatic N) is 1. The molecule has 1 saturated heterocycles. The van der Waals surface area contributed by atoms with E-state index in [0.717, 1.165) is 9.87 Å². The van der Waals surface area contributed by atoms with Crippen LogP contribution in [0.1, 0.15) is 12.0 Å². The quantitative estimate of drug-likeness (QED) is 0.889. The normalized spacial score (nSPS) is 25.0. The van der Waals surface area contributed by atoms with Crippen LogP contribution < -0.4 is 0 Å². The molecule has 1 aromatic rings. The number of aryl methyl sites for hydroxylation is 1. The summed E-state index contributed by atoms with van der Waals surface area (Å²) >= 11 is 0. The molecule has 1 unspecified atom stereocenters. The van der Waals surface area contributed by atoms with Gasteiger partial charge in [0.1, 0.15) is 5.60 Å². The second kappa shape index (κ2) is 4.54. The van der Waals surface area contributed by atoms with Gasteiger partial charge in [0.25, 0.3) is 10.0 Å². The van der Waals surface area contributed by atoms with Gasteiger partial charge < -0.3 is 5.11 Å². The van der Waals surface area contributed by atoms with Gasteiger partial charge in [-0.05, 0) is 31.2 Å². The van der Waals surface area contributed by atoms with Gasteiger partial charge in [-0.3, -0.25) is 9.10 Å². The molecule has 0 bridgehead atoms. The first kappa shape index (κ1) is 14.0. The van der Waals surface area contributed by atoms with E-state index in [-0.39, 0.29) is 29.3 Å². The van der Waals surface area contributed by atoms with E-state index in [2.05, 4.69) is 0 Å². The number of ketones is 1. The van der Waals surface area contributed by atoms with Gasteiger partial charge in [0.15, 0.2) is 5.78 Å². The van der Waals surface area contributed by atoms with Crippen LogP contribution in [0.4, 0.5) is 0 Å². The smallest absolute Gasteiger partial charge is 0.264 e. The van der Waals surface area contributed by atoms with E-state index in [1.807, 2.05) is 6.92 Å². The summed E-state index contributed by atoms with van der Waals surface area (Å²) in [6.45, 7) is 2.02. The highest BCUT2D eigenvalue weighted by Crippen LogP contribution is 2.39. The fraction of sp³-hybridized carbons (Fsp3) is 0.267. The largest absolute Gasteiger partial charge is 0.379 e. The summed E-state index contributed by atoms with van der Waals surface area (Å²) in [5, 5.41) is 10.4. The number of allylic oxidation sites excluding steroid dienone is 2. The first-order chi connectivity index (χ1) is 9.83. The van der Waals surface area contributed by atoms with E-state index in [1.165, 1.54) is 30.4 Å². The second-order valence-electron chi connectivity index (χ2n) is 5.33. The SMILES string of the molecule is Cc1ccc(S(=O)(=O)N2CCC3(O)C=CC(=O)C=C23)cc1. The summed E-state index contributed by atoms with van der Waals surface area (Å²) in [6, 6.07) is 6.50. The van der Waals surface area contributed by atoms with Gasteiger partial charge in [0, 0.05) is 19.0 Å². The molecular weight excluding hydrogens is 290 g/mol. The fourth-order valence-corrected chi connectivity index (χ4v) is 4.13. The Balaban J connectivity index is 2.05. The van der Waals surface area contributed by atoms with Gasteiger partial charge in [-0.25, -0.2) is 8.42 Å². The van der Waals surface area contributed by atoms with Gasteiger partial charge >= 0.3 is 0 Å². The van der Waals surface area contributed by atoms with Crippen LogP contribution in [0.3, 0.4) is 0 Å². The highest BCUT2D eigenvalue weighted by Gasteiger charge is 2.46. The third-order valence-electron chi connectivity index (χ3n) is 3.82. The number of fused-ring (bicyclic) bond motifs is 1. The van der Waals surface area contributed by atoms with Crippen molar-refractivity contribution in [2.45, 2.75) is 23.8 Å². The minimum atomic E-state index is -3.77. The Morgan fingerprint density at radius 3 is 2.57 bits per heavy atom. The third-order valence-corrected chi connectivity index (χ3v) is 5.65. The van der Waals surface area contributed by atoms with Gasteiger partial charge in [-0.15, -0.1) is 0 Å². The number of carbonyl (C=O) groups is 1. The van der Waals surface area contributed by atoms with E-state index in [1.54, 1.807) is 12.1 Å². The van der Waals surface area contributed by atoms with Crippen LogP contribution in [0.15, 0.2) is 53.1 Å². The molecule has 0 amide bonds. The molecule has 6 heteroatoms. The first-order valence-electron chi connectivity index (χ1n) is 6.60. The van der Waals surface area contributed by atoms with Crippen molar-refractivity contribution in [2.24, 2.45) is 0 Å². The lowest BCUT2D eigenvalue weighted by Crippen LogP contribution is -2.34. The Morgan fingerprint density at radius 1 is 1.24 bits per heavy atom. The Kier molecular flexibility index (Phi) is 3.04. The highest BCUT2D eigenvalue weighted by atomic mass is 32.2. The lowest BCUT2D eigenvalue weighted by Gasteiger charge is -2.27. The number of benzene rings is 1. The molecule has 5 nitrogen and oxygen atoms in total. The minimum absolute atomic E-state index is 0.135. The lowest BCUT2D eigenvalue weighted by atomic mass is 9.94. The number of hydrogen-bond acceptors (Lipinski definition) is 4. The van der Waals surface area contributed by atoms with E-state index < -0.39 is 15.6 Å². The molecule has 3 rings (SSSR count). The van der Waals surface area contributed by atoms with Gasteiger partial charge in [-0.2, -0.15) is 0 Å². The molecule has 21 heavy (non-hydrogen) atoms.